The van der Waals surface area contributed by atoms with Crippen molar-refractivity contribution in [3.8, 4) is 11.8 Å². The van der Waals surface area contributed by atoms with Gasteiger partial charge < -0.3 is 0 Å². The molecule has 3 rings (SSSR count). The van der Waals surface area contributed by atoms with E-state index in [-0.39, 0.29) is 0 Å². The lowest BCUT2D eigenvalue weighted by atomic mass is 10.1. The molecule has 86 valence electrons. The lowest BCUT2D eigenvalue weighted by molar-refractivity contribution is 0.906. The highest BCUT2D eigenvalue weighted by atomic mass is 15.3. The van der Waals surface area contributed by atoms with Crippen molar-refractivity contribution >= 4 is 10.9 Å². The van der Waals surface area contributed by atoms with Crippen LogP contribution in [-0.2, 0) is 0 Å². The minimum atomic E-state index is 0.642. The van der Waals surface area contributed by atoms with Gasteiger partial charge in [0.05, 0.1) is 23.0 Å². The Kier molecular flexibility index (Phi) is 2.35. The summed E-state index contributed by atoms with van der Waals surface area (Å²) in [5.41, 5.74) is 3.55. The second-order valence-corrected chi connectivity index (χ2v) is 4.25. The molecule has 3 heteroatoms. The van der Waals surface area contributed by atoms with Gasteiger partial charge >= 0.3 is 0 Å². The Hall–Kier alpha value is -2.60. The van der Waals surface area contributed by atoms with Crippen LogP contribution < -0.4 is 0 Å². The van der Waals surface area contributed by atoms with Crippen LogP contribution in [0.25, 0.3) is 16.6 Å². The zero-order valence-electron chi connectivity index (χ0n) is 9.96. The highest BCUT2D eigenvalue weighted by Gasteiger charge is 2.08. The van der Waals surface area contributed by atoms with Crippen molar-refractivity contribution in [3.05, 3.63) is 59.8 Å². The van der Waals surface area contributed by atoms with Crippen LogP contribution in [0.1, 0.15) is 11.1 Å². The summed E-state index contributed by atoms with van der Waals surface area (Å²) in [6.07, 6.45) is 1.82. The average Bonchev–Trinajstić information content (AvgIpc) is 2.82. The van der Waals surface area contributed by atoms with Gasteiger partial charge in [-0.3, -0.25) is 0 Å². The number of fused-ring (bicyclic) bond motifs is 1. The number of hydrogen-bond donors (Lipinski definition) is 0. The summed E-state index contributed by atoms with van der Waals surface area (Å²) < 4.78 is 1.81. The Morgan fingerprint density at radius 1 is 1.17 bits per heavy atom. The van der Waals surface area contributed by atoms with Gasteiger partial charge in [0.25, 0.3) is 0 Å². The molecular formula is C15H11N3. The molecule has 0 aliphatic heterocycles. The fourth-order valence-electron chi connectivity index (χ4n) is 2.09. The first-order chi connectivity index (χ1) is 8.79. The van der Waals surface area contributed by atoms with E-state index in [1.165, 1.54) is 0 Å². The maximum atomic E-state index is 9.22. The summed E-state index contributed by atoms with van der Waals surface area (Å²) >= 11 is 0. The maximum Gasteiger partial charge on any atom is 0.101 e. The van der Waals surface area contributed by atoms with Gasteiger partial charge in [0.2, 0.25) is 0 Å². The zero-order valence-corrected chi connectivity index (χ0v) is 9.96. The molecule has 1 heterocycles. The number of aromatic nitrogens is 2. The second kappa shape index (κ2) is 4.01. The minimum Gasteiger partial charge on any atom is -0.232 e. The van der Waals surface area contributed by atoms with Crippen molar-refractivity contribution in [2.75, 3.05) is 0 Å². The van der Waals surface area contributed by atoms with Gasteiger partial charge in [0.1, 0.15) is 6.07 Å². The molecule has 2 aromatic carbocycles. The van der Waals surface area contributed by atoms with Gasteiger partial charge in [-0.15, -0.1) is 0 Å². The molecule has 18 heavy (non-hydrogen) atoms. The molecule has 0 bridgehead atoms. The van der Waals surface area contributed by atoms with E-state index in [2.05, 4.69) is 11.2 Å². The van der Waals surface area contributed by atoms with E-state index in [0.29, 0.717) is 5.56 Å². The summed E-state index contributed by atoms with van der Waals surface area (Å²) in [6, 6.07) is 16.0. The molecule has 0 N–H and O–H groups in total. The molecule has 0 fully saturated rings. The van der Waals surface area contributed by atoms with E-state index in [1.54, 1.807) is 0 Å². The molecule has 0 atom stereocenters. The Labute approximate surface area is 105 Å². The van der Waals surface area contributed by atoms with Crippen LogP contribution >= 0.6 is 0 Å². The average molecular weight is 233 g/mol. The van der Waals surface area contributed by atoms with Crippen LogP contribution in [0, 0.1) is 18.3 Å². The molecule has 0 saturated heterocycles. The van der Waals surface area contributed by atoms with Gasteiger partial charge in [-0.25, -0.2) is 4.68 Å². The third kappa shape index (κ3) is 1.56. The van der Waals surface area contributed by atoms with Gasteiger partial charge in [0, 0.05) is 5.39 Å². The minimum absolute atomic E-state index is 0.642. The highest BCUT2D eigenvalue weighted by molar-refractivity contribution is 5.80. The number of para-hydroxylation sites is 1. The highest BCUT2D eigenvalue weighted by Crippen LogP contribution is 2.21. The maximum absolute atomic E-state index is 9.22. The van der Waals surface area contributed by atoms with Gasteiger partial charge in [-0.2, -0.15) is 10.4 Å². The first-order valence-corrected chi connectivity index (χ1v) is 5.73. The van der Waals surface area contributed by atoms with Crippen molar-refractivity contribution in [1.82, 2.24) is 9.78 Å². The van der Waals surface area contributed by atoms with Gasteiger partial charge in [0.15, 0.2) is 0 Å². The van der Waals surface area contributed by atoms with Crippen molar-refractivity contribution in [1.29, 1.82) is 5.26 Å². The van der Waals surface area contributed by atoms with Gasteiger partial charge in [-0.1, -0.05) is 24.3 Å². The standard InChI is InChI=1S/C15H11N3/c1-11-6-7-15(13(8-11)9-16)18-14-5-3-2-4-12(14)10-17-18/h2-8,10H,1H3. The Balaban J connectivity index is 2.30. The molecule has 3 nitrogen and oxygen atoms in total. The molecule has 0 aliphatic carbocycles. The van der Waals surface area contributed by atoms with Crippen LogP contribution in [0.5, 0.6) is 0 Å². The third-order valence-corrected chi connectivity index (χ3v) is 2.98. The summed E-state index contributed by atoms with van der Waals surface area (Å²) in [7, 11) is 0. The van der Waals surface area contributed by atoms with Gasteiger partial charge in [-0.05, 0) is 30.7 Å². The van der Waals surface area contributed by atoms with E-state index in [4.69, 9.17) is 0 Å². The first-order valence-electron chi connectivity index (χ1n) is 5.73. The van der Waals surface area contributed by atoms with Crippen molar-refractivity contribution in [2.24, 2.45) is 0 Å². The van der Waals surface area contributed by atoms with E-state index < -0.39 is 0 Å². The number of aryl methyl sites for hydroxylation is 1. The van der Waals surface area contributed by atoms with E-state index in [0.717, 1.165) is 22.2 Å². The molecule has 0 radical (unpaired) electrons. The number of nitrogens with zero attached hydrogens (tertiary/aromatic N) is 3. The van der Waals surface area contributed by atoms with E-state index in [9.17, 15) is 5.26 Å². The summed E-state index contributed by atoms with van der Waals surface area (Å²) in [6.45, 7) is 1.98. The lowest BCUT2D eigenvalue weighted by Crippen LogP contribution is -1.99. The topological polar surface area (TPSA) is 41.6 Å². The quantitative estimate of drug-likeness (QED) is 0.647. The molecular weight excluding hydrogens is 222 g/mol. The Bertz CT molecular complexity index is 763. The van der Waals surface area contributed by atoms with Crippen LogP contribution in [0.2, 0.25) is 0 Å². The summed E-state index contributed by atoms with van der Waals surface area (Å²) in [4.78, 5) is 0. The Morgan fingerprint density at radius 3 is 2.83 bits per heavy atom. The van der Waals surface area contributed by atoms with Crippen LogP contribution in [-0.4, -0.2) is 9.78 Å². The third-order valence-electron chi connectivity index (χ3n) is 2.98. The number of nitriles is 1. The lowest BCUT2D eigenvalue weighted by Gasteiger charge is -2.06. The fraction of sp³-hybridized carbons (Fsp3) is 0.0667. The number of rotatable bonds is 1. The normalized spacial score (nSPS) is 10.4. The van der Waals surface area contributed by atoms with E-state index in [1.807, 2.05) is 60.3 Å². The second-order valence-electron chi connectivity index (χ2n) is 4.25. The van der Waals surface area contributed by atoms with Crippen molar-refractivity contribution < 1.29 is 0 Å². The molecule has 0 amide bonds. The molecule has 0 aliphatic rings. The predicted molar refractivity (Wildman–Crippen MR) is 70.5 cm³/mol. The zero-order chi connectivity index (χ0) is 12.5. The Morgan fingerprint density at radius 2 is 2.00 bits per heavy atom. The van der Waals surface area contributed by atoms with Crippen molar-refractivity contribution in [2.45, 2.75) is 6.92 Å². The van der Waals surface area contributed by atoms with Crippen LogP contribution in [0.4, 0.5) is 0 Å². The molecule has 0 spiro atoms. The molecule has 1 aromatic heterocycles. The molecule has 0 unspecified atom stereocenters. The largest absolute Gasteiger partial charge is 0.232 e. The van der Waals surface area contributed by atoms with E-state index >= 15 is 0 Å². The molecule has 0 saturated carbocycles. The number of benzene rings is 2. The first kappa shape index (κ1) is 10.5. The smallest absolute Gasteiger partial charge is 0.101 e. The SMILES string of the molecule is Cc1ccc(-n2ncc3ccccc32)c(C#N)c1. The number of hydrogen-bond acceptors (Lipinski definition) is 2. The van der Waals surface area contributed by atoms with Crippen LogP contribution in [0.15, 0.2) is 48.7 Å². The summed E-state index contributed by atoms with van der Waals surface area (Å²) in [5, 5.41) is 14.7. The molecule has 3 aromatic rings. The monoisotopic (exact) mass is 233 g/mol. The van der Waals surface area contributed by atoms with Crippen LogP contribution in [0.3, 0.4) is 0 Å². The predicted octanol–water partition coefficient (Wildman–Crippen LogP) is 3.21. The van der Waals surface area contributed by atoms with Crippen molar-refractivity contribution in [3.63, 3.8) is 0 Å². The fourth-order valence-corrected chi connectivity index (χ4v) is 2.09. The summed E-state index contributed by atoms with van der Waals surface area (Å²) in [5.74, 6) is 0.